The van der Waals surface area contributed by atoms with E-state index in [4.69, 9.17) is 0 Å². The van der Waals surface area contributed by atoms with Crippen LogP contribution in [0.3, 0.4) is 0 Å². The largest absolute Gasteiger partial charge is 0.380 e. The molecule has 0 spiro atoms. The average molecular weight is 421 g/mol. The number of hydrogen-bond donors (Lipinski definition) is 2. The van der Waals surface area contributed by atoms with E-state index in [-0.39, 0.29) is 17.7 Å². The van der Waals surface area contributed by atoms with Gasteiger partial charge >= 0.3 is 0 Å². The van der Waals surface area contributed by atoms with Crippen LogP contribution in [0.5, 0.6) is 0 Å². The van der Waals surface area contributed by atoms with Gasteiger partial charge in [-0.2, -0.15) is 0 Å². The number of nitrogens with one attached hydrogen (secondary N) is 1. The molecule has 31 heavy (non-hydrogen) atoms. The summed E-state index contributed by atoms with van der Waals surface area (Å²) in [6.07, 6.45) is 1.49. The summed E-state index contributed by atoms with van der Waals surface area (Å²) in [5, 5.41) is 12.9. The van der Waals surface area contributed by atoms with Gasteiger partial charge in [0.15, 0.2) is 0 Å². The first-order chi connectivity index (χ1) is 14.9. The van der Waals surface area contributed by atoms with Crippen LogP contribution in [-0.2, 0) is 9.59 Å². The summed E-state index contributed by atoms with van der Waals surface area (Å²) in [5.74, 6) is -0.305. The van der Waals surface area contributed by atoms with Crippen molar-refractivity contribution in [2.75, 3.05) is 31.5 Å². The zero-order valence-electron chi connectivity index (χ0n) is 17.6. The van der Waals surface area contributed by atoms with Crippen molar-refractivity contribution in [3.63, 3.8) is 0 Å². The zero-order valence-corrected chi connectivity index (χ0v) is 17.6. The first-order valence-corrected chi connectivity index (χ1v) is 10.7. The molecule has 1 heterocycles. The van der Waals surface area contributed by atoms with Crippen LogP contribution in [0.25, 0.3) is 11.1 Å². The summed E-state index contributed by atoms with van der Waals surface area (Å²) in [6.45, 7) is 3.62. The highest BCUT2D eigenvalue weighted by Gasteiger charge is 2.50. The van der Waals surface area contributed by atoms with Crippen LogP contribution in [0.15, 0.2) is 48.5 Å². The predicted octanol–water partition coefficient (Wildman–Crippen LogP) is 2.51. The SMILES string of the molecule is CCC(=O)Nc1cccc(-c2ccc(C(=O)N3CCN(C(=O)C4(O)CC4)CC3)cc2)c1. The van der Waals surface area contributed by atoms with Gasteiger partial charge in [-0.05, 0) is 48.2 Å². The van der Waals surface area contributed by atoms with E-state index in [9.17, 15) is 19.5 Å². The van der Waals surface area contributed by atoms with E-state index in [0.29, 0.717) is 51.0 Å². The molecule has 0 unspecified atom stereocenters. The second kappa shape index (κ2) is 8.51. The van der Waals surface area contributed by atoms with Crippen molar-refractivity contribution in [2.24, 2.45) is 0 Å². The van der Waals surface area contributed by atoms with Gasteiger partial charge in [0.1, 0.15) is 5.60 Å². The highest BCUT2D eigenvalue weighted by Crippen LogP contribution is 2.37. The Labute approximate surface area is 181 Å². The molecule has 7 heteroatoms. The van der Waals surface area contributed by atoms with E-state index in [1.807, 2.05) is 43.3 Å². The smallest absolute Gasteiger partial charge is 0.254 e. The van der Waals surface area contributed by atoms with Gasteiger partial charge in [-0.3, -0.25) is 14.4 Å². The molecular weight excluding hydrogens is 394 g/mol. The van der Waals surface area contributed by atoms with Crippen molar-refractivity contribution in [1.82, 2.24) is 9.80 Å². The maximum atomic E-state index is 12.9. The summed E-state index contributed by atoms with van der Waals surface area (Å²) in [5.41, 5.74) is 2.10. The van der Waals surface area contributed by atoms with Gasteiger partial charge in [0.25, 0.3) is 11.8 Å². The fourth-order valence-electron chi connectivity index (χ4n) is 3.75. The lowest BCUT2D eigenvalue weighted by molar-refractivity contribution is -0.143. The Kier molecular flexibility index (Phi) is 5.78. The third kappa shape index (κ3) is 4.61. The number of amides is 3. The Morgan fingerprint density at radius 1 is 0.935 bits per heavy atom. The standard InChI is InChI=1S/C24H27N3O4/c1-2-21(28)25-20-5-3-4-19(16-20)17-6-8-18(9-7-17)22(29)26-12-14-27(15-13-26)23(30)24(31)10-11-24/h3-9,16,31H,2,10-15H2,1H3,(H,25,28). The maximum Gasteiger partial charge on any atom is 0.254 e. The van der Waals surface area contributed by atoms with Gasteiger partial charge in [-0.1, -0.05) is 31.2 Å². The molecule has 1 saturated heterocycles. The monoisotopic (exact) mass is 421 g/mol. The van der Waals surface area contributed by atoms with Gasteiger partial charge < -0.3 is 20.2 Å². The van der Waals surface area contributed by atoms with Gasteiger partial charge in [-0.25, -0.2) is 0 Å². The molecule has 0 radical (unpaired) electrons. The Bertz CT molecular complexity index is 990. The summed E-state index contributed by atoms with van der Waals surface area (Å²) in [4.78, 5) is 40.1. The molecule has 0 aromatic heterocycles. The van der Waals surface area contributed by atoms with Crippen LogP contribution in [-0.4, -0.2) is 64.4 Å². The second-order valence-corrected chi connectivity index (χ2v) is 8.18. The van der Waals surface area contributed by atoms with E-state index >= 15 is 0 Å². The van der Waals surface area contributed by atoms with E-state index < -0.39 is 5.60 Å². The third-order valence-corrected chi connectivity index (χ3v) is 5.91. The van der Waals surface area contributed by atoms with Gasteiger partial charge in [-0.15, -0.1) is 0 Å². The Hall–Kier alpha value is -3.19. The molecule has 0 bridgehead atoms. The van der Waals surface area contributed by atoms with Crippen LogP contribution >= 0.6 is 0 Å². The van der Waals surface area contributed by atoms with Crippen molar-refractivity contribution in [2.45, 2.75) is 31.8 Å². The zero-order chi connectivity index (χ0) is 22.0. The maximum absolute atomic E-state index is 12.9. The lowest BCUT2D eigenvalue weighted by Crippen LogP contribution is -2.53. The van der Waals surface area contributed by atoms with Crippen LogP contribution < -0.4 is 5.32 Å². The summed E-state index contributed by atoms with van der Waals surface area (Å²) in [7, 11) is 0. The molecule has 0 atom stereocenters. The van der Waals surface area contributed by atoms with Crippen LogP contribution in [0.1, 0.15) is 36.5 Å². The summed E-state index contributed by atoms with van der Waals surface area (Å²) < 4.78 is 0. The molecule has 1 aliphatic heterocycles. The molecule has 4 rings (SSSR count). The third-order valence-electron chi connectivity index (χ3n) is 5.91. The fraction of sp³-hybridized carbons (Fsp3) is 0.375. The van der Waals surface area contributed by atoms with Crippen molar-refractivity contribution in [3.05, 3.63) is 54.1 Å². The number of aliphatic hydroxyl groups is 1. The average Bonchev–Trinajstić information content (AvgIpc) is 3.57. The van der Waals surface area contributed by atoms with E-state index in [0.717, 1.165) is 16.8 Å². The number of hydrogen-bond acceptors (Lipinski definition) is 4. The Balaban J connectivity index is 1.38. The first-order valence-electron chi connectivity index (χ1n) is 10.7. The molecule has 7 nitrogen and oxygen atoms in total. The van der Waals surface area contributed by atoms with Gasteiger partial charge in [0.2, 0.25) is 5.91 Å². The predicted molar refractivity (Wildman–Crippen MR) is 117 cm³/mol. The minimum Gasteiger partial charge on any atom is -0.380 e. The topological polar surface area (TPSA) is 90.0 Å². The van der Waals surface area contributed by atoms with Crippen molar-refractivity contribution < 1.29 is 19.5 Å². The number of rotatable bonds is 5. The van der Waals surface area contributed by atoms with Crippen molar-refractivity contribution in [3.8, 4) is 11.1 Å². The minimum absolute atomic E-state index is 0.0359. The van der Waals surface area contributed by atoms with E-state index in [2.05, 4.69) is 5.32 Å². The van der Waals surface area contributed by atoms with Crippen LogP contribution in [0, 0.1) is 0 Å². The molecule has 2 aromatic rings. The molecule has 2 fully saturated rings. The molecule has 1 aliphatic carbocycles. The minimum atomic E-state index is -1.15. The van der Waals surface area contributed by atoms with Crippen LogP contribution in [0.4, 0.5) is 5.69 Å². The summed E-state index contributed by atoms with van der Waals surface area (Å²) in [6, 6.07) is 15.0. The highest BCUT2D eigenvalue weighted by molar-refractivity contribution is 5.95. The number of nitrogens with zero attached hydrogens (tertiary/aromatic N) is 2. The van der Waals surface area contributed by atoms with Gasteiger partial charge in [0.05, 0.1) is 0 Å². The molecule has 2 aromatic carbocycles. The van der Waals surface area contributed by atoms with Gasteiger partial charge in [0, 0.05) is 43.9 Å². The molecule has 2 aliphatic rings. The number of carbonyl (C=O) groups is 3. The molecule has 3 amide bonds. The first kappa shape index (κ1) is 21.1. The molecule has 2 N–H and O–H groups in total. The fourth-order valence-corrected chi connectivity index (χ4v) is 3.75. The molecule has 162 valence electrons. The number of anilines is 1. The van der Waals surface area contributed by atoms with Crippen molar-refractivity contribution >= 4 is 23.4 Å². The van der Waals surface area contributed by atoms with Crippen molar-refractivity contribution in [1.29, 1.82) is 0 Å². The number of benzene rings is 2. The second-order valence-electron chi connectivity index (χ2n) is 8.18. The van der Waals surface area contributed by atoms with E-state index in [1.165, 1.54) is 0 Å². The Morgan fingerprint density at radius 3 is 2.19 bits per heavy atom. The normalized spacial score (nSPS) is 17.2. The van der Waals surface area contributed by atoms with Crippen LogP contribution in [0.2, 0.25) is 0 Å². The number of piperazine rings is 1. The van der Waals surface area contributed by atoms with E-state index in [1.54, 1.807) is 21.9 Å². The summed E-state index contributed by atoms with van der Waals surface area (Å²) >= 11 is 0. The lowest BCUT2D eigenvalue weighted by atomic mass is 10.0. The molecular formula is C24H27N3O4. The number of carbonyl (C=O) groups excluding carboxylic acids is 3. The molecule has 1 saturated carbocycles. The Morgan fingerprint density at radius 2 is 1.58 bits per heavy atom. The lowest BCUT2D eigenvalue weighted by Gasteiger charge is -2.35. The quantitative estimate of drug-likeness (QED) is 0.776. The highest BCUT2D eigenvalue weighted by atomic mass is 16.3.